The molecule has 1 rings (SSSR count). The molecule has 1 atom stereocenters. The van der Waals surface area contributed by atoms with Gasteiger partial charge in [-0.05, 0) is 18.1 Å². The topological polar surface area (TPSA) is 53.4 Å². The van der Waals surface area contributed by atoms with Crippen molar-refractivity contribution in [2.24, 2.45) is 0 Å². The molecule has 1 heterocycles. The van der Waals surface area contributed by atoms with Crippen molar-refractivity contribution in [1.82, 2.24) is 4.98 Å². The van der Waals surface area contributed by atoms with E-state index in [4.69, 9.17) is 5.11 Å². The highest BCUT2D eigenvalue weighted by Crippen LogP contribution is 2.09. The van der Waals surface area contributed by atoms with Crippen LogP contribution in [-0.2, 0) is 6.42 Å². The lowest BCUT2D eigenvalue weighted by atomic mass is 10.2. The summed E-state index contributed by atoms with van der Waals surface area (Å²) in [6.45, 7) is 1.76. The summed E-state index contributed by atoms with van der Waals surface area (Å²) in [4.78, 5) is 4.01. The van der Waals surface area contributed by atoms with Gasteiger partial charge in [-0.25, -0.2) is 0 Å². The van der Waals surface area contributed by atoms with Crippen LogP contribution in [0, 0.1) is 0 Å². The summed E-state index contributed by atoms with van der Waals surface area (Å²) < 4.78 is 0. The van der Waals surface area contributed by atoms with Gasteiger partial charge in [-0.1, -0.05) is 13.0 Å². The van der Waals surface area contributed by atoms with Crippen LogP contribution in [-0.4, -0.2) is 21.8 Å². The van der Waals surface area contributed by atoms with Gasteiger partial charge in [0.1, 0.15) is 6.10 Å². The number of aromatic nitrogens is 1. The highest BCUT2D eigenvalue weighted by Gasteiger charge is 2.05. The molecule has 12 heavy (non-hydrogen) atoms. The van der Waals surface area contributed by atoms with Crippen LogP contribution in [0.2, 0.25) is 0 Å². The maximum absolute atomic E-state index is 9.18. The summed E-state index contributed by atoms with van der Waals surface area (Å²) in [5.41, 5.74) is 1.65. The minimum atomic E-state index is -0.851. The van der Waals surface area contributed by atoms with Gasteiger partial charge in [0.2, 0.25) is 0 Å². The third kappa shape index (κ3) is 2.03. The van der Waals surface area contributed by atoms with Gasteiger partial charge < -0.3 is 10.2 Å². The number of aliphatic hydroxyl groups is 2. The average molecular weight is 167 g/mol. The van der Waals surface area contributed by atoms with E-state index in [-0.39, 0.29) is 6.61 Å². The maximum Gasteiger partial charge on any atom is 0.119 e. The summed E-state index contributed by atoms with van der Waals surface area (Å²) in [6.07, 6.45) is 1.80. The van der Waals surface area contributed by atoms with E-state index in [1.54, 1.807) is 12.3 Å². The molecule has 1 aromatic heterocycles. The first-order chi connectivity index (χ1) is 5.77. The van der Waals surface area contributed by atoms with Crippen molar-refractivity contribution in [3.05, 3.63) is 29.6 Å². The Morgan fingerprint density at radius 2 is 2.25 bits per heavy atom. The van der Waals surface area contributed by atoms with Crippen molar-refractivity contribution in [2.75, 3.05) is 6.61 Å². The molecular formula is C9H13NO2. The number of nitrogens with zero attached hydrogens (tertiary/aromatic N) is 1. The van der Waals surface area contributed by atoms with Crippen LogP contribution in [0.4, 0.5) is 0 Å². The van der Waals surface area contributed by atoms with Gasteiger partial charge in [-0.2, -0.15) is 0 Å². The number of rotatable bonds is 3. The molecule has 0 spiro atoms. The summed E-state index contributed by atoms with van der Waals surface area (Å²) >= 11 is 0. The van der Waals surface area contributed by atoms with E-state index < -0.39 is 6.10 Å². The first kappa shape index (κ1) is 9.16. The SMILES string of the molecule is CCc1ccc([C@H](O)CO)nc1. The molecule has 1 aromatic rings. The van der Waals surface area contributed by atoms with Crippen molar-refractivity contribution in [2.45, 2.75) is 19.4 Å². The van der Waals surface area contributed by atoms with E-state index in [1.165, 1.54) is 0 Å². The lowest BCUT2D eigenvalue weighted by molar-refractivity contribution is 0.0922. The third-order valence-corrected chi connectivity index (χ3v) is 1.77. The zero-order valence-electron chi connectivity index (χ0n) is 7.07. The van der Waals surface area contributed by atoms with E-state index in [2.05, 4.69) is 4.98 Å². The first-order valence-corrected chi connectivity index (χ1v) is 4.01. The quantitative estimate of drug-likeness (QED) is 0.695. The molecule has 3 nitrogen and oxygen atoms in total. The van der Waals surface area contributed by atoms with E-state index in [0.29, 0.717) is 5.69 Å². The number of aryl methyl sites for hydroxylation is 1. The lowest BCUT2D eigenvalue weighted by Gasteiger charge is -2.05. The minimum absolute atomic E-state index is 0.279. The minimum Gasteiger partial charge on any atom is -0.393 e. The Labute approximate surface area is 71.7 Å². The van der Waals surface area contributed by atoms with Crippen LogP contribution < -0.4 is 0 Å². The van der Waals surface area contributed by atoms with Gasteiger partial charge in [0.05, 0.1) is 12.3 Å². The standard InChI is InChI=1S/C9H13NO2/c1-2-7-3-4-8(10-5-7)9(12)6-11/h3-5,9,11-12H,2,6H2,1H3/t9-/m1/s1. The predicted octanol–water partition coefficient (Wildman–Crippen LogP) is 0.670. The molecule has 0 saturated heterocycles. The Morgan fingerprint density at radius 1 is 1.50 bits per heavy atom. The molecule has 0 aliphatic heterocycles. The lowest BCUT2D eigenvalue weighted by Crippen LogP contribution is -2.04. The van der Waals surface area contributed by atoms with E-state index in [9.17, 15) is 5.11 Å². The largest absolute Gasteiger partial charge is 0.393 e. The summed E-state index contributed by atoms with van der Waals surface area (Å²) in [7, 11) is 0. The molecule has 0 fully saturated rings. The highest BCUT2D eigenvalue weighted by molar-refractivity contribution is 5.15. The summed E-state index contributed by atoms with van der Waals surface area (Å²) in [5, 5.41) is 17.8. The van der Waals surface area contributed by atoms with E-state index >= 15 is 0 Å². The molecule has 0 radical (unpaired) electrons. The van der Waals surface area contributed by atoms with Crippen molar-refractivity contribution in [3.8, 4) is 0 Å². The summed E-state index contributed by atoms with van der Waals surface area (Å²) in [6, 6.07) is 3.64. The average Bonchev–Trinajstić information content (AvgIpc) is 2.17. The molecule has 66 valence electrons. The number of aliphatic hydroxyl groups excluding tert-OH is 2. The molecule has 0 bridgehead atoms. The van der Waals surface area contributed by atoms with E-state index in [1.807, 2.05) is 13.0 Å². The number of hydrogen-bond donors (Lipinski definition) is 2. The fourth-order valence-corrected chi connectivity index (χ4v) is 0.936. The second-order valence-electron chi connectivity index (χ2n) is 2.64. The Kier molecular flexibility index (Phi) is 3.19. The molecular weight excluding hydrogens is 154 g/mol. The van der Waals surface area contributed by atoms with Crippen LogP contribution >= 0.6 is 0 Å². The van der Waals surface area contributed by atoms with Crippen molar-refractivity contribution in [1.29, 1.82) is 0 Å². The van der Waals surface area contributed by atoms with Crippen LogP contribution in [0.15, 0.2) is 18.3 Å². The Hall–Kier alpha value is -0.930. The van der Waals surface area contributed by atoms with Crippen LogP contribution in [0.25, 0.3) is 0 Å². The smallest absolute Gasteiger partial charge is 0.119 e. The van der Waals surface area contributed by atoms with E-state index in [0.717, 1.165) is 12.0 Å². The van der Waals surface area contributed by atoms with Gasteiger partial charge in [0.15, 0.2) is 0 Å². The second kappa shape index (κ2) is 4.18. The van der Waals surface area contributed by atoms with Crippen molar-refractivity contribution >= 4 is 0 Å². The van der Waals surface area contributed by atoms with Crippen molar-refractivity contribution < 1.29 is 10.2 Å². The highest BCUT2D eigenvalue weighted by atomic mass is 16.3. The second-order valence-corrected chi connectivity index (χ2v) is 2.64. The molecule has 0 aliphatic carbocycles. The molecule has 0 saturated carbocycles. The molecule has 0 amide bonds. The molecule has 0 unspecified atom stereocenters. The van der Waals surface area contributed by atoms with Crippen LogP contribution in [0.3, 0.4) is 0 Å². The van der Waals surface area contributed by atoms with Crippen molar-refractivity contribution in [3.63, 3.8) is 0 Å². The molecule has 2 N–H and O–H groups in total. The van der Waals surface area contributed by atoms with Gasteiger partial charge >= 0.3 is 0 Å². The normalized spacial score (nSPS) is 12.9. The third-order valence-electron chi connectivity index (χ3n) is 1.77. The fourth-order valence-electron chi connectivity index (χ4n) is 0.936. The van der Waals surface area contributed by atoms with Crippen LogP contribution in [0.1, 0.15) is 24.3 Å². The zero-order valence-corrected chi connectivity index (χ0v) is 7.07. The predicted molar refractivity (Wildman–Crippen MR) is 45.7 cm³/mol. The van der Waals surface area contributed by atoms with Crippen LogP contribution in [0.5, 0.6) is 0 Å². The first-order valence-electron chi connectivity index (χ1n) is 4.01. The molecule has 3 heteroatoms. The summed E-state index contributed by atoms with van der Waals surface area (Å²) in [5.74, 6) is 0. The molecule has 0 aliphatic rings. The maximum atomic E-state index is 9.18. The zero-order chi connectivity index (χ0) is 8.97. The monoisotopic (exact) mass is 167 g/mol. The number of pyridine rings is 1. The van der Waals surface area contributed by atoms with Gasteiger partial charge in [-0.15, -0.1) is 0 Å². The molecule has 0 aromatic carbocycles. The van der Waals surface area contributed by atoms with Gasteiger partial charge in [0.25, 0.3) is 0 Å². The fraction of sp³-hybridized carbons (Fsp3) is 0.444. The Morgan fingerprint density at radius 3 is 2.67 bits per heavy atom. The van der Waals surface area contributed by atoms with Gasteiger partial charge in [-0.3, -0.25) is 4.98 Å². The van der Waals surface area contributed by atoms with Gasteiger partial charge in [0, 0.05) is 6.20 Å². The Balaban J connectivity index is 2.77. The Bertz CT molecular complexity index is 233. The number of hydrogen-bond acceptors (Lipinski definition) is 3.